The van der Waals surface area contributed by atoms with Gasteiger partial charge in [0.05, 0.1) is 13.2 Å². The number of amides is 2. The van der Waals surface area contributed by atoms with Gasteiger partial charge >= 0.3 is 5.97 Å². The van der Waals surface area contributed by atoms with E-state index in [1.165, 1.54) is 7.11 Å². The normalized spacial score (nSPS) is 19.2. The fourth-order valence-corrected chi connectivity index (χ4v) is 5.41. The summed E-state index contributed by atoms with van der Waals surface area (Å²) in [6, 6.07) is 17.5. The third kappa shape index (κ3) is 8.33. The van der Waals surface area contributed by atoms with Crippen molar-refractivity contribution >= 4 is 29.4 Å². The Labute approximate surface area is 260 Å². The number of nitrogens with zero attached hydrogens (tertiary/aromatic N) is 1. The molecule has 6 rings (SSSR count). The predicted octanol–water partition coefficient (Wildman–Crippen LogP) is 3.20. The molecule has 0 spiro atoms. The number of methoxy groups -OCH3 is 1. The lowest BCUT2D eigenvalue weighted by molar-refractivity contribution is -0.139. The van der Waals surface area contributed by atoms with Gasteiger partial charge in [-0.1, -0.05) is 29.8 Å². The number of rotatable bonds is 6. The van der Waals surface area contributed by atoms with Crippen molar-refractivity contribution in [3.05, 3.63) is 82.4 Å². The van der Waals surface area contributed by atoms with E-state index in [1.807, 2.05) is 30.3 Å². The van der Waals surface area contributed by atoms with Crippen molar-refractivity contribution < 1.29 is 38.4 Å². The monoisotopic (exact) mass is 623 g/mol. The van der Waals surface area contributed by atoms with Crippen molar-refractivity contribution in [1.29, 1.82) is 0 Å². The lowest BCUT2D eigenvalue weighted by Crippen LogP contribution is -2.45. The number of ether oxygens (including phenoxy) is 4. The standard InChI is InChI=1S/C32H34ClN3O8/c1-41-27-9-4-20-5-11-30(37)35-25-16-36(15-22-13-23(33)6-10-26(22)43-19-32(39)40)17-29(25)44-24-7-2-21(3-8-24)14-34-31(38)18-42-28(27)12-20/h2-4,6-10,12-13,25,29H,5,11,14-19H2,1H3,(H,34,38)(H,35,37)(H,39,40)/t25-,29-/m0/s1. The summed E-state index contributed by atoms with van der Waals surface area (Å²) in [4.78, 5) is 38.8. The molecule has 4 bridgehead atoms. The van der Waals surface area contributed by atoms with Gasteiger partial charge in [0.25, 0.3) is 5.91 Å². The molecule has 0 saturated carbocycles. The summed E-state index contributed by atoms with van der Waals surface area (Å²) in [5, 5.41) is 15.6. The Balaban J connectivity index is 1.36. The van der Waals surface area contributed by atoms with E-state index in [0.29, 0.717) is 60.6 Å². The van der Waals surface area contributed by atoms with Gasteiger partial charge in [-0.25, -0.2) is 4.79 Å². The molecule has 3 aliphatic rings. The number of nitrogens with one attached hydrogen (secondary N) is 2. The van der Waals surface area contributed by atoms with Gasteiger partial charge in [-0.05, 0) is 60.0 Å². The summed E-state index contributed by atoms with van der Waals surface area (Å²) >= 11 is 6.26. The van der Waals surface area contributed by atoms with Crippen molar-refractivity contribution in [2.75, 3.05) is 33.4 Å². The van der Waals surface area contributed by atoms with E-state index in [9.17, 15) is 14.4 Å². The SMILES string of the molecule is COc1ccc2cc1OCC(=O)NCc1ccc(cc1)O[C@H]1CN(Cc3cc(Cl)ccc3OCC(=O)O)C[C@@H]1NC(=O)CC2. The molecule has 12 heteroatoms. The number of hydrogen-bond donors (Lipinski definition) is 3. The van der Waals surface area contributed by atoms with Crippen LogP contribution >= 0.6 is 11.6 Å². The number of likely N-dealkylation sites (tertiary alicyclic amines) is 1. The highest BCUT2D eigenvalue weighted by molar-refractivity contribution is 6.30. The lowest BCUT2D eigenvalue weighted by atomic mass is 10.1. The molecule has 3 aromatic carbocycles. The van der Waals surface area contributed by atoms with Crippen molar-refractivity contribution in [2.24, 2.45) is 0 Å². The van der Waals surface area contributed by atoms with Crippen LogP contribution in [0.5, 0.6) is 23.0 Å². The van der Waals surface area contributed by atoms with E-state index < -0.39 is 12.6 Å². The van der Waals surface area contributed by atoms with E-state index in [2.05, 4.69) is 15.5 Å². The van der Waals surface area contributed by atoms with Gasteiger partial charge in [0, 0.05) is 43.2 Å². The summed E-state index contributed by atoms with van der Waals surface area (Å²) in [7, 11) is 1.53. The van der Waals surface area contributed by atoms with Crippen molar-refractivity contribution in [2.45, 2.75) is 38.1 Å². The van der Waals surface area contributed by atoms with Crippen LogP contribution in [0.15, 0.2) is 60.7 Å². The van der Waals surface area contributed by atoms with Crippen LogP contribution in [-0.2, 0) is 33.9 Å². The summed E-state index contributed by atoms with van der Waals surface area (Å²) in [5.74, 6) is 0.492. The molecule has 0 aromatic heterocycles. The molecule has 1 saturated heterocycles. The fraction of sp³-hybridized carbons (Fsp3) is 0.344. The second-order valence-electron chi connectivity index (χ2n) is 10.7. The molecule has 0 unspecified atom stereocenters. The predicted molar refractivity (Wildman–Crippen MR) is 161 cm³/mol. The molecule has 2 atom stereocenters. The van der Waals surface area contributed by atoms with Crippen LogP contribution in [-0.4, -0.2) is 73.3 Å². The van der Waals surface area contributed by atoms with Crippen LogP contribution < -0.4 is 29.6 Å². The molecule has 1 fully saturated rings. The summed E-state index contributed by atoms with van der Waals surface area (Å²) in [6.07, 6.45) is 0.315. The Morgan fingerprint density at radius 3 is 2.55 bits per heavy atom. The van der Waals surface area contributed by atoms with Gasteiger partial charge in [-0.2, -0.15) is 0 Å². The summed E-state index contributed by atoms with van der Waals surface area (Å²) in [6.45, 7) is 1.07. The molecule has 3 aromatic rings. The molecule has 3 N–H and O–H groups in total. The number of carboxylic acids is 1. The maximum Gasteiger partial charge on any atom is 0.341 e. The van der Waals surface area contributed by atoms with Crippen molar-refractivity contribution in [1.82, 2.24) is 15.5 Å². The second kappa shape index (κ2) is 14.3. The van der Waals surface area contributed by atoms with Crippen molar-refractivity contribution in [3.8, 4) is 23.0 Å². The van der Waals surface area contributed by atoms with Crippen LogP contribution in [0.1, 0.15) is 23.1 Å². The van der Waals surface area contributed by atoms with Gasteiger partial charge < -0.3 is 34.7 Å². The van der Waals surface area contributed by atoms with E-state index >= 15 is 0 Å². The number of halogens is 1. The van der Waals surface area contributed by atoms with E-state index in [4.69, 9.17) is 35.7 Å². The smallest absolute Gasteiger partial charge is 0.341 e. The topological polar surface area (TPSA) is 136 Å². The Morgan fingerprint density at radius 2 is 1.77 bits per heavy atom. The molecular weight excluding hydrogens is 590 g/mol. The van der Waals surface area contributed by atoms with Gasteiger partial charge in [-0.3, -0.25) is 14.5 Å². The number of aryl methyl sites for hydroxylation is 1. The first-order valence-electron chi connectivity index (χ1n) is 14.2. The molecule has 0 radical (unpaired) electrons. The average molecular weight is 624 g/mol. The Morgan fingerprint density at radius 1 is 1.00 bits per heavy atom. The molecular formula is C32H34ClN3O8. The Hall–Kier alpha value is -4.48. The molecule has 3 heterocycles. The second-order valence-corrected chi connectivity index (χ2v) is 11.1. The number of fused-ring (bicyclic) bond motifs is 9. The Kier molecular flexibility index (Phi) is 10.1. The highest BCUT2D eigenvalue weighted by Gasteiger charge is 2.36. The molecule has 2 amide bonds. The Bertz CT molecular complexity index is 1500. The highest BCUT2D eigenvalue weighted by atomic mass is 35.5. The van der Waals surface area contributed by atoms with E-state index in [-0.39, 0.29) is 37.0 Å². The van der Waals surface area contributed by atoms with Gasteiger partial charge in [0.1, 0.15) is 17.6 Å². The molecule has 44 heavy (non-hydrogen) atoms. The van der Waals surface area contributed by atoms with Crippen molar-refractivity contribution in [3.63, 3.8) is 0 Å². The minimum atomic E-state index is -1.08. The first-order chi connectivity index (χ1) is 21.2. The quantitative estimate of drug-likeness (QED) is 0.378. The number of carboxylic acid groups (broad SMARTS) is 1. The largest absolute Gasteiger partial charge is 0.493 e. The maximum atomic E-state index is 13.2. The summed E-state index contributed by atoms with van der Waals surface area (Å²) < 4.78 is 23.0. The first kappa shape index (κ1) is 31.0. The zero-order chi connectivity index (χ0) is 31.1. The lowest BCUT2D eigenvalue weighted by Gasteiger charge is -2.21. The summed E-state index contributed by atoms with van der Waals surface area (Å²) in [5.41, 5.74) is 2.48. The number of hydrogen-bond acceptors (Lipinski definition) is 8. The highest BCUT2D eigenvalue weighted by Crippen LogP contribution is 2.30. The minimum Gasteiger partial charge on any atom is -0.493 e. The number of benzene rings is 3. The van der Waals surface area contributed by atoms with Gasteiger partial charge in [-0.15, -0.1) is 0 Å². The molecule has 3 aliphatic heterocycles. The zero-order valence-electron chi connectivity index (χ0n) is 24.2. The van der Waals surface area contributed by atoms with E-state index in [0.717, 1.165) is 16.7 Å². The molecule has 232 valence electrons. The van der Waals surface area contributed by atoms with Crippen LogP contribution in [0.3, 0.4) is 0 Å². The average Bonchev–Trinajstić information content (AvgIpc) is 3.37. The van der Waals surface area contributed by atoms with Crippen LogP contribution in [0, 0.1) is 0 Å². The van der Waals surface area contributed by atoms with Gasteiger partial charge in [0.2, 0.25) is 5.91 Å². The minimum absolute atomic E-state index is 0.135. The fourth-order valence-electron chi connectivity index (χ4n) is 5.21. The molecule has 11 nitrogen and oxygen atoms in total. The molecule has 0 aliphatic carbocycles. The van der Waals surface area contributed by atoms with Crippen LogP contribution in [0.25, 0.3) is 0 Å². The number of aliphatic carboxylic acids is 1. The number of carbonyl (C=O) groups excluding carboxylic acids is 2. The maximum absolute atomic E-state index is 13.2. The van der Waals surface area contributed by atoms with E-state index in [1.54, 1.807) is 30.3 Å². The van der Waals surface area contributed by atoms with Crippen LogP contribution in [0.4, 0.5) is 0 Å². The first-order valence-corrected chi connectivity index (χ1v) is 14.6. The van der Waals surface area contributed by atoms with Gasteiger partial charge in [0.15, 0.2) is 24.7 Å². The number of carbonyl (C=O) groups is 3. The van der Waals surface area contributed by atoms with Crippen LogP contribution in [0.2, 0.25) is 5.02 Å². The third-order valence-electron chi connectivity index (χ3n) is 7.38. The third-order valence-corrected chi connectivity index (χ3v) is 7.62. The zero-order valence-corrected chi connectivity index (χ0v) is 25.0.